The molecule has 1 rings (SSSR count). The molecule has 0 aromatic carbocycles. The maximum atomic E-state index is 5.11. The second kappa shape index (κ2) is 3.31. The first-order chi connectivity index (χ1) is 4.83. The second-order valence-electron chi connectivity index (χ2n) is 2.31. The van der Waals surface area contributed by atoms with E-state index in [1.807, 2.05) is 7.05 Å². The Bertz CT molecular complexity index is 161. The Kier molecular flexibility index (Phi) is 2.39. The van der Waals surface area contributed by atoms with Crippen LogP contribution >= 0.6 is 0 Å². The number of aliphatic imine (C=N–C) groups is 2. The highest BCUT2D eigenvalue weighted by molar-refractivity contribution is 5.90. The summed E-state index contributed by atoms with van der Waals surface area (Å²) in [7, 11) is 2.04. The molecule has 4 nitrogen and oxygen atoms in total. The van der Waals surface area contributed by atoms with E-state index < -0.39 is 0 Å². The number of likely N-dealkylation sites (N-methyl/N-ethyl adjacent to an activating group) is 1. The van der Waals surface area contributed by atoms with Crippen LogP contribution in [-0.4, -0.2) is 43.8 Å². The number of nitrogens with two attached hydrogens (primary N) is 1. The number of hydrogen-bond donors (Lipinski definition) is 1. The van der Waals surface area contributed by atoms with Crippen molar-refractivity contribution in [3.05, 3.63) is 0 Å². The normalized spacial score (nSPS) is 21.5. The molecule has 0 amide bonds. The van der Waals surface area contributed by atoms with Crippen molar-refractivity contribution in [2.24, 2.45) is 15.7 Å². The highest BCUT2D eigenvalue weighted by Gasteiger charge is 2.06. The minimum Gasteiger partial charge on any atom is -0.390 e. The minimum atomic E-state index is 0.813. The molecule has 0 aromatic rings. The van der Waals surface area contributed by atoms with Crippen LogP contribution in [0.4, 0.5) is 0 Å². The third kappa shape index (κ3) is 1.80. The largest absolute Gasteiger partial charge is 0.390 e. The number of rotatable bonds is 0. The molecule has 0 saturated carbocycles. The summed E-state index contributed by atoms with van der Waals surface area (Å²) in [4.78, 5) is 10.2. The molecular formula is C6H12N4. The standard InChI is InChI=1S/C6H12N4/c1-10-3-2-8-6(4-10)9-5-7/h5H,2-4H2,1H3,(H2,7,8,9). The first-order valence-electron chi connectivity index (χ1n) is 3.29. The Hall–Kier alpha value is -0.900. The van der Waals surface area contributed by atoms with E-state index in [4.69, 9.17) is 5.73 Å². The van der Waals surface area contributed by atoms with Gasteiger partial charge in [0.15, 0.2) is 0 Å². The van der Waals surface area contributed by atoms with E-state index in [-0.39, 0.29) is 0 Å². The van der Waals surface area contributed by atoms with E-state index >= 15 is 0 Å². The van der Waals surface area contributed by atoms with Crippen LogP contribution in [0, 0.1) is 0 Å². The van der Waals surface area contributed by atoms with Crippen LogP contribution in [0.5, 0.6) is 0 Å². The van der Waals surface area contributed by atoms with Crippen molar-refractivity contribution in [2.45, 2.75) is 0 Å². The SMILES string of the molecule is CN1CCN=C(N=CN)C1. The summed E-state index contributed by atoms with van der Waals surface area (Å²) in [6.07, 6.45) is 1.29. The van der Waals surface area contributed by atoms with Gasteiger partial charge in [-0.25, -0.2) is 4.99 Å². The van der Waals surface area contributed by atoms with Crippen LogP contribution in [0.25, 0.3) is 0 Å². The van der Waals surface area contributed by atoms with Gasteiger partial charge in [-0.15, -0.1) is 0 Å². The van der Waals surface area contributed by atoms with E-state index in [2.05, 4.69) is 14.9 Å². The van der Waals surface area contributed by atoms with Gasteiger partial charge in [-0.1, -0.05) is 0 Å². The molecule has 2 N–H and O–H groups in total. The Morgan fingerprint density at radius 2 is 2.60 bits per heavy atom. The molecule has 0 atom stereocenters. The highest BCUT2D eigenvalue weighted by atomic mass is 15.2. The Morgan fingerprint density at radius 3 is 3.20 bits per heavy atom. The maximum Gasteiger partial charge on any atom is 0.139 e. The molecule has 1 heterocycles. The third-order valence-electron chi connectivity index (χ3n) is 1.41. The predicted molar refractivity (Wildman–Crippen MR) is 42.5 cm³/mol. The van der Waals surface area contributed by atoms with E-state index in [1.54, 1.807) is 0 Å². The van der Waals surface area contributed by atoms with Crippen LogP contribution in [0.1, 0.15) is 0 Å². The number of hydrogen-bond acceptors (Lipinski definition) is 3. The van der Waals surface area contributed by atoms with Gasteiger partial charge in [0.25, 0.3) is 0 Å². The summed E-state index contributed by atoms with van der Waals surface area (Å²) in [5, 5.41) is 0. The van der Waals surface area contributed by atoms with E-state index in [0.29, 0.717) is 0 Å². The molecule has 0 aromatic heterocycles. The lowest BCUT2D eigenvalue weighted by atomic mass is 10.4. The van der Waals surface area contributed by atoms with Crippen LogP contribution in [-0.2, 0) is 0 Å². The van der Waals surface area contributed by atoms with Crippen molar-refractivity contribution in [3.63, 3.8) is 0 Å². The average molecular weight is 140 g/mol. The molecule has 0 fully saturated rings. The number of amidine groups is 1. The van der Waals surface area contributed by atoms with Gasteiger partial charge in [0.1, 0.15) is 5.84 Å². The lowest BCUT2D eigenvalue weighted by Crippen LogP contribution is -2.32. The van der Waals surface area contributed by atoms with Gasteiger partial charge >= 0.3 is 0 Å². The molecule has 0 bridgehead atoms. The molecular weight excluding hydrogens is 128 g/mol. The zero-order valence-corrected chi connectivity index (χ0v) is 6.12. The summed E-state index contributed by atoms with van der Waals surface area (Å²) in [5.41, 5.74) is 5.11. The zero-order valence-electron chi connectivity index (χ0n) is 6.12. The Morgan fingerprint density at radius 1 is 1.80 bits per heavy atom. The fourth-order valence-electron chi connectivity index (χ4n) is 0.888. The van der Waals surface area contributed by atoms with Gasteiger partial charge in [-0.2, -0.15) is 0 Å². The molecule has 1 aliphatic rings. The molecule has 4 heteroatoms. The fraction of sp³-hybridized carbons (Fsp3) is 0.667. The van der Waals surface area contributed by atoms with Crippen LogP contribution in [0.2, 0.25) is 0 Å². The van der Waals surface area contributed by atoms with Gasteiger partial charge in [0.05, 0.1) is 19.4 Å². The van der Waals surface area contributed by atoms with Crippen molar-refractivity contribution >= 4 is 12.2 Å². The molecule has 10 heavy (non-hydrogen) atoms. The average Bonchev–Trinajstić information content (AvgIpc) is 1.88. The third-order valence-corrected chi connectivity index (χ3v) is 1.41. The van der Waals surface area contributed by atoms with Crippen molar-refractivity contribution in [1.29, 1.82) is 0 Å². The van der Waals surface area contributed by atoms with Gasteiger partial charge in [0.2, 0.25) is 0 Å². The van der Waals surface area contributed by atoms with Crippen molar-refractivity contribution in [1.82, 2.24) is 4.90 Å². The van der Waals surface area contributed by atoms with Gasteiger partial charge in [-0.05, 0) is 7.05 Å². The quantitative estimate of drug-likeness (QED) is 0.358. The molecule has 0 radical (unpaired) electrons. The van der Waals surface area contributed by atoms with E-state index in [1.165, 1.54) is 6.34 Å². The summed E-state index contributed by atoms with van der Waals surface area (Å²) in [5.74, 6) is 0.830. The van der Waals surface area contributed by atoms with Crippen molar-refractivity contribution in [2.75, 3.05) is 26.7 Å². The van der Waals surface area contributed by atoms with Crippen LogP contribution < -0.4 is 5.73 Å². The molecule has 0 aliphatic carbocycles. The summed E-state index contributed by atoms with van der Waals surface area (Å²) >= 11 is 0. The first kappa shape index (κ1) is 7.21. The predicted octanol–water partition coefficient (Wildman–Crippen LogP) is -0.683. The maximum absolute atomic E-state index is 5.11. The second-order valence-corrected chi connectivity index (χ2v) is 2.31. The summed E-state index contributed by atoms with van der Waals surface area (Å²) in [6.45, 7) is 2.67. The van der Waals surface area contributed by atoms with E-state index in [0.717, 1.165) is 25.5 Å². The van der Waals surface area contributed by atoms with E-state index in [9.17, 15) is 0 Å². The monoisotopic (exact) mass is 140 g/mol. The number of nitrogens with zero attached hydrogens (tertiary/aromatic N) is 3. The summed E-state index contributed by atoms with van der Waals surface area (Å²) in [6, 6.07) is 0. The fourth-order valence-corrected chi connectivity index (χ4v) is 0.888. The zero-order chi connectivity index (χ0) is 7.40. The van der Waals surface area contributed by atoms with Gasteiger partial charge in [-0.3, -0.25) is 9.89 Å². The first-order valence-corrected chi connectivity index (χ1v) is 3.29. The molecule has 0 spiro atoms. The highest BCUT2D eigenvalue weighted by Crippen LogP contribution is 1.94. The molecule has 1 aliphatic heterocycles. The van der Waals surface area contributed by atoms with Crippen molar-refractivity contribution in [3.8, 4) is 0 Å². The molecule has 56 valence electrons. The topological polar surface area (TPSA) is 54.0 Å². The van der Waals surface area contributed by atoms with Gasteiger partial charge < -0.3 is 5.73 Å². The van der Waals surface area contributed by atoms with Crippen LogP contribution in [0.15, 0.2) is 9.98 Å². The Labute approximate surface area is 60.4 Å². The van der Waals surface area contributed by atoms with Gasteiger partial charge in [0, 0.05) is 6.54 Å². The minimum absolute atomic E-state index is 0.813. The summed E-state index contributed by atoms with van der Waals surface area (Å²) < 4.78 is 0. The Balaban J connectivity index is 2.51. The lowest BCUT2D eigenvalue weighted by Gasteiger charge is -2.18. The van der Waals surface area contributed by atoms with Crippen molar-refractivity contribution < 1.29 is 0 Å². The lowest BCUT2D eigenvalue weighted by molar-refractivity contribution is 0.377. The van der Waals surface area contributed by atoms with Crippen LogP contribution in [0.3, 0.4) is 0 Å². The molecule has 0 unspecified atom stereocenters. The molecule has 0 saturated heterocycles. The smallest absolute Gasteiger partial charge is 0.139 e.